The minimum atomic E-state index is -0.693. The van der Waals surface area contributed by atoms with E-state index in [0.29, 0.717) is 25.9 Å². The van der Waals surface area contributed by atoms with Crippen LogP contribution in [-0.4, -0.2) is 43.8 Å². The summed E-state index contributed by atoms with van der Waals surface area (Å²) in [7, 11) is 0. The van der Waals surface area contributed by atoms with Crippen molar-refractivity contribution in [3.8, 4) is 22.3 Å². The molecule has 0 aliphatic rings. The highest BCUT2D eigenvalue weighted by Gasteiger charge is 2.19. The number of aromatic amines is 2. The van der Waals surface area contributed by atoms with Gasteiger partial charge in [-0.05, 0) is 67.1 Å². The third-order valence-electron chi connectivity index (χ3n) is 8.94. The van der Waals surface area contributed by atoms with Crippen molar-refractivity contribution in [1.82, 2.24) is 30.6 Å². The van der Waals surface area contributed by atoms with Gasteiger partial charge >= 0.3 is 0 Å². The Bertz CT molecular complexity index is 2050. The van der Waals surface area contributed by atoms with Crippen molar-refractivity contribution in [2.24, 2.45) is 11.5 Å². The number of hydrogen-bond acceptors (Lipinski definition) is 6. The molecule has 0 saturated carbocycles. The molecule has 2 amide bonds. The minimum absolute atomic E-state index is 0.225. The van der Waals surface area contributed by atoms with E-state index in [-0.39, 0.29) is 11.8 Å². The van der Waals surface area contributed by atoms with E-state index in [1.807, 2.05) is 24.3 Å². The summed E-state index contributed by atoms with van der Waals surface area (Å²) < 4.78 is 0. The van der Waals surface area contributed by atoms with Crippen molar-refractivity contribution >= 4 is 33.4 Å². The smallest absolute Gasteiger partial charge is 0.237 e. The lowest BCUT2D eigenvalue weighted by molar-refractivity contribution is -0.123. The number of hydrogen-bond donors (Lipinski definition) is 6. The number of carbonyl (C=O) groups is 2. The summed E-state index contributed by atoms with van der Waals surface area (Å²) in [5, 5.41) is 10.5. The Labute approximate surface area is 289 Å². The zero-order valence-electron chi connectivity index (χ0n) is 27.4. The fourth-order valence-corrected chi connectivity index (χ4v) is 6.51. The van der Waals surface area contributed by atoms with Crippen LogP contribution in [0.5, 0.6) is 0 Å². The van der Waals surface area contributed by atoms with Crippen molar-refractivity contribution in [1.29, 1.82) is 0 Å². The van der Waals surface area contributed by atoms with Crippen LogP contribution in [0.15, 0.2) is 122 Å². The molecule has 0 fully saturated rings. The largest absolute Gasteiger partial charge is 0.351 e. The average molecular weight is 663 g/mol. The quantitative estimate of drug-likeness (QED) is 0.0991. The number of carbonyl (C=O) groups excluding carboxylic acids is 2. The molecule has 0 saturated heterocycles. The van der Waals surface area contributed by atoms with E-state index in [9.17, 15) is 9.59 Å². The second kappa shape index (κ2) is 14.6. The summed E-state index contributed by atoms with van der Waals surface area (Å²) in [5.41, 5.74) is 20.1. The fourth-order valence-electron chi connectivity index (χ4n) is 6.51. The summed E-state index contributed by atoms with van der Waals surface area (Å²) in [6.07, 6.45) is 7.36. The number of benzene rings is 5. The Morgan fingerprint density at radius 1 is 0.580 bits per heavy atom. The van der Waals surface area contributed by atoms with Crippen molar-refractivity contribution in [3.63, 3.8) is 0 Å². The normalized spacial score (nSPS) is 12.5. The van der Waals surface area contributed by atoms with Gasteiger partial charge in [0.15, 0.2) is 0 Å². The van der Waals surface area contributed by atoms with Crippen LogP contribution in [0.3, 0.4) is 0 Å². The summed E-state index contributed by atoms with van der Waals surface area (Å²) in [5.74, 6) is -0.449. The van der Waals surface area contributed by atoms with Crippen molar-refractivity contribution < 1.29 is 9.59 Å². The molecule has 0 aliphatic carbocycles. The second-order valence-electron chi connectivity index (χ2n) is 12.4. The van der Waals surface area contributed by atoms with Gasteiger partial charge in [0.25, 0.3) is 0 Å². The van der Waals surface area contributed by atoms with Crippen molar-refractivity contribution in [2.45, 2.75) is 38.0 Å². The van der Waals surface area contributed by atoms with Crippen LogP contribution < -0.4 is 22.1 Å². The molecule has 7 aromatic rings. The van der Waals surface area contributed by atoms with Crippen molar-refractivity contribution in [3.05, 3.63) is 145 Å². The topological polar surface area (TPSA) is 168 Å². The van der Waals surface area contributed by atoms with Gasteiger partial charge in [0, 0.05) is 38.3 Å². The van der Waals surface area contributed by atoms with Gasteiger partial charge in [0.05, 0.1) is 36.1 Å². The minimum Gasteiger partial charge on any atom is -0.351 e. The van der Waals surface area contributed by atoms with Gasteiger partial charge in [-0.15, -0.1) is 0 Å². The predicted octanol–water partition coefficient (Wildman–Crippen LogP) is 5.15. The van der Waals surface area contributed by atoms with Gasteiger partial charge in [0.1, 0.15) is 0 Å². The molecule has 8 N–H and O–H groups in total. The number of imidazole rings is 2. The summed E-state index contributed by atoms with van der Waals surface area (Å²) in [6, 6.07) is 32.1. The monoisotopic (exact) mass is 662 g/mol. The van der Waals surface area contributed by atoms with Gasteiger partial charge in [0.2, 0.25) is 11.8 Å². The number of rotatable bonds is 12. The first-order valence-electron chi connectivity index (χ1n) is 16.6. The maximum absolute atomic E-state index is 12.8. The Morgan fingerprint density at radius 2 is 0.980 bits per heavy atom. The van der Waals surface area contributed by atoms with Gasteiger partial charge in [-0.2, -0.15) is 0 Å². The Hall–Kier alpha value is -6.10. The lowest BCUT2D eigenvalue weighted by Crippen LogP contribution is -2.41. The molecule has 2 unspecified atom stereocenters. The highest BCUT2D eigenvalue weighted by atomic mass is 16.2. The molecule has 10 heteroatoms. The Balaban J connectivity index is 1.18. The average Bonchev–Trinajstić information content (AvgIpc) is 3.87. The number of fused-ring (bicyclic) bond motifs is 2. The zero-order chi connectivity index (χ0) is 34.5. The summed E-state index contributed by atoms with van der Waals surface area (Å²) >= 11 is 0. The standard InChI is InChI=1S/C40H38N8O2/c41-35(17-29-21-43-23-47-29)39(49)45-19-25-7-5-9-27(15-25)37-31-11-1-2-12-32(31)38(34-14-4-3-13-33(34)37)28-10-6-8-26(16-28)20-46-40(50)36(42)18-30-22-44-24-48-30/h1-16,21-24,35-36H,17-20,41-42H2,(H,43,47)(H,44,48)(H,45,49)(H,46,50). The molecule has 0 spiro atoms. The number of nitrogens with one attached hydrogen (secondary N) is 4. The first kappa shape index (κ1) is 32.4. The molecule has 2 aromatic heterocycles. The zero-order valence-corrected chi connectivity index (χ0v) is 27.4. The lowest BCUT2D eigenvalue weighted by Gasteiger charge is -2.19. The molecule has 0 bridgehead atoms. The first-order valence-corrected chi connectivity index (χ1v) is 16.6. The van der Waals surface area contributed by atoms with E-state index >= 15 is 0 Å². The van der Waals surface area contributed by atoms with Crippen LogP contribution in [0.1, 0.15) is 22.5 Å². The van der Waals surface area contributed by atoms with Crippen LogP contribution in [-0.2, 0) is 35.5 Å². The number of nitrogens with two attached hydrogens (primary N) is 2. The molecule has 0 aliphatic heterocycles. The summed E-state index contributed by atoms with van der Waals surface area (Å²) in [6.45, 7) is 0.707. The molecule has 2 heterocycles. The highest BCUT2D eigenvalue weighted by molar-refractivity contribution is 6.21. The molecule has 7 rings (SSSR count). The van der Waals surface area contributed by atoms with E-state index in [4.69, 9.17) is 11.5 Å². The van der Waals surface area contributed by atoms with Crippen molar-refractivity contribution in [2.75, 3.05) is 0 Å². The molecule has 250 valence electrons. The SMILES string of the molecule is NC(Cc1c[nH]cn1)C(=O)NCc1cccc(-c2c3ccccc3c(-c3cccc(CNC(=O)C(N)Cc4c[nH]cn4)c3)c3ccccc23)c1. The predicted molar refractivity (Wildman–Crippen MR) is 197 cm³/mol. The summed E-state index contributed by atoms with van der Waals surface area (Å²) in [4.78, 5) is 39.7. The van der Waals surface area contributed by atoms with Crippen LogP contribution >= 0.6 is 0 Å². The first-order chi connectivity index (χ1) is 24.4. The van der Waals surface area contributed by atoms with Crippen LogP contribution in [0.2, 0.25) is 0 Å². The Kier molecular flexibility index (Phi) is 9.45. The number of aromatic nitrogens is 4. The van der Waals surface area contributed by atoms with Crippen LogP contribution in [0.4, 0.5) is 0 Å². The maximum atomic E-state index is 12.8. The fraction of sp³-hybridized carbons (Fsp3) is 0.150. The van der Waals surface area contributed by atoms with E-state index < -0.39 is 12.1 Å². The molecule has 5 aromatic carbocycles. The molecular formula is C40H38N8O2. The van der Waals surface area contributed by atoms with E-state index in [1.54, 1.807) is 25.0 Å². The molecule has 2 atom stereocenters. The maximum Gasteiger partial charge on any atom is 0.237 e. The van der Waals surface area contributed by atoms with E-state index in [0.717, 1.165) is 66.3 Å². The molecule has 50 heavy (non-hydrogen) atoms. The van der Waals surface area contributed by atoms with Gasteiger partial charge < -0.3 is 32.1 Å². The number of nitrogens with zero attached hydrogens (tertiary/aromatic N) is 2. The Morgan fingerprint density at radius 3 is 1.34 bits per heavy atom. The van der Waals surface area contributed by atoms with Crippen LogP contribution in [0, 0.1) is 0 Å². The van der Waals surface area contributed by atoms with Gasteiger partial charge in [-0.25, -0.2) is 9.97 Å². The van der Waals surface area contributed by atoms with Gasteiger partial charge in [-0.3, -0.25) is 9.59 Å². The third-order valence-corrected chi connectivity index (χ3v) is 8.94. The molecule has 10 nitrogen and oxygen atoms in total. The van der Waals surface area contributed by atoms with Gasteiger partial charge in [-0.1, -0.05) is 84.9 Å². The molecule has 0 radical (unpaired) electrons. The third kappa shape index (κ3) is 7.02. The molecular weight excluding hydrogens is 624 g/mol. The lowest BCUT2D eigenvalue weighted by atomic mass is 9.85. The van der Waals surface area contributed by atoms with E-state index in [2.05, 4.69) is 103 Å². The second-order valence-corrected chi connectivity index (χ2v) is 12.4. The van der Waals surface area contributed by atoms with Crippen LogP contribution in [0.25, 0.3) is 43.8 Å². The number of amides is 2. The van der Waals surface area contributed by atoms with E-state index in [1.165, 1.54) is 0 Å². The number of H-pyrrole nitrogens is 2. The highest BCUT2D eigenvalue weighted by Crippen LogP contribution is 2.43.